The summed E-state index contributed by atoms with van der Waals surface area (Å²) in [6.45, 7) is 1.58. The summed E-state index contributed by atoms with van der Waals surface area (Å²) in [6, 6.07) is -1.00. The fraction of sp³-hybridized carbons (Fsp3) is 0.753. The predicted molar refractivity (Wildman–Crippen MR) is 378 cm³/mol. The minimum atomic E-state index is -1.99. The van der Waals surface area contributed by atoms with E-state index in [-0.39, 0.29) is 18.9 Å². The summed E-state index contributed by atoms with van der Waals surface area (Å²) in [5, 5.41) is 121. The quantitative estimate of drug-likeness (QED) is 0.0199. The van der Waals surface area contributed by atoms with Gasteiger partial charge >= 0.3 is 0 Å². The number of amides is 1. The molecule has 0 aromatic heterocycles. The fourth-order valence-corrected chi connectivity index (χ4v) is 11.8. The van der Waals surface area contributed by atoms with Crippen molar-refractivity contribution in [1.82, 2.24) is 5.32 Å². The lowest BCUT2D eigenvalue weighted by Gasteiger charge is -2.48. The first kappa shape index (κ1) is 86.7. The third-order valence-corrected chi connectivity index (χ3v) is 17.8. The van der Waals surface area contributed by atoms with E-state index < -0.39 is 124 Å². The fourth-order valence-electron chi connectivity index (χ4n) is 11.8. The van der Waals surface area contributed by atoms with Crippen molar-refractivity contribution < 1.29 is 89.4 Å². The predicted octanol–water partition coefficient (Wildman–Crippen LogP) is 11.0. The van der Waals surface area contributed by atoms with E-state index in [4.69, 9.17) is 28.4 Å². The van der Waals surface area contributed by atoms with Crippen LogP contribution < -0.4 is 5.32 Å². The molecule has 0 bridgehead atoms. The maximum atomic E-state index is 13.4. The SMILES string of the molecule is CC/C=C\C/C=C\C/C=C\C/C=C\C/C=C\C/C=C\CCCCCCCCCCCCCCCCC(=O)NC(COC1OC(CO)C(OC2OC(CO)C(OC3OC(CO)C(O)C(O)C3O)C(O)C2O)C(O)C1O)C(O)/C=C/CC/C=C/CC/C=C/CCCCCCCCCC. The maximum Gasteiger partial charge on any atom is 0.220 e. The van der Waals surface area contributed by atoms with Gasteiger partial charge in [0.1, 0.15) is 73.2 Å². The minimum Gasteiger partial charge on any atom is -0.394 e. The van der Waals surface area contributed by atoms with Crippen molar-refractivity contribution in [2.45, 2.75) is 343 Å². The number of nitrogens with one attached hydrogen (secondary N) is 1. The first-order valence-electron chi connectivity index (χ1n) is 37.1. The van der Waals surface area contributed by atoms with Gasteiger partial charge in [0.05, 0.1) is 38.6 Å². The van der Waals surface area contributed by atoms with Crippen LogP contribution in [0.15, 0.2) is 109 Å². The van der Waals surface area contributed by atoms with Gasteiger partial charge in [-0.15, -0.1) is 0 Å². The Morgan fingerprint density at radius 1 is 0.385 bits per heavy atom. The molecule has 552 valence electrons. The molecule has 0 spiro atoms. The lowest BCUT2D eigenvalue weighted by atomic mass is 9.96. The van der Waals surface area contributed by atoms with Gasteiger partial charge in [-0.05, 0) is 96.3 Å². The molecular weight excluding hydrogens is 1230 g/mol. The minimum absolute atomic E-state index is 0.225. The number of unbranched alkanes of at least 4 members (excludes halogenated alkanes) is 24. The first-order valence-corrected chi connectivity index (χ1v) is 37.1. The van der Waals surface area contributed by atoms with E-state index >= 15 is 0 Å². The number of allylic oxidation sites excluding steroid dienone is 17. The molecule has 17 unspecified atom stereocenters. The summed E-state index contributed by atoms with van der Waals surface area (Å²) in [7, 11) is 0. The summed E-state index contributed by atoms with van der Waals surface area (Å²) >= 11 is 0. The second-order valence-electron chi connectivity index (χ2n) is 26.0. The van der Waals surface area contributed by atoms with Gasteiger partial charge in [0.25, 0.3) is 0 Å². The highest BCUT2D eigenvalue weighted by molar-refractivity contribution is 5.76. The van der Waals surface area contributed by atoms with Gasteiger partial charge in [0.15, 0.2) is 18.9 Å². The van der Waals surface area contributed by atoms with E-state index in [0.29, 0.717) is 12.8 Å². The Labute approximate surface area is 576 Å². The van der Waals surface area contributed by atoms with Gasteiger partial charge in [-0.25, -0.2) is 0 Å². The zero-order valence-electron chi connectivity index (χ0n) is 58.6. The molecule has 3 aliphatic heterocycles. The van der Waals surface area contributed by atoms with Crippen LogP contribution in [0.25, 0.3) is 0 Å². The standard InChI is InChI=1S/C77H131NO18/c1-3-5-7-9-11-13-15-17-19-21-23-24-25-26-27-28-29-30-31-32-33-34-35-36-37-39-41-43-45-47-49-51-53-55-65(83)78-60(61(82)54-52-50-48-46-44-42-40-38-22-20-18-16-14-12-10-8-6-4-2)59-91-75-71(89)68(86)73(63(57-80)93-75)96-77-72(90)69(87)74(64(58-81)94-77)95-76-70(88)67(85)66(84)62(56-79)92-76/h5,7,11,13,17,19,22-24,26-27,29-30,38,44,46,52,54,60-64,66-77,79-82,84-90H,3-4,6,8-10,12,14-16,18,20-21,25,28,31-37,39-43,45,47-51,53,55-59H2,1-2H3,(H,78,83)/b7-5-,13-11-,19-17-,24-23-,27-26-,30-29-,38-22+,46-44+,54-52+. The highest BCUT2D eigenvalue weighted by Crippen LogP contribution is 2.33. The molecule has 0 aromatic carbocycles. The van der Waals surface area contributed by atoms with Crippen LogP contribution in [0.1, 0.15) is 239 Å². The third-order valence-electron chi connectivity index (χ3n) is 17.8. The van der Waals surface area contributed by atoms with Crippen molar-refractivity contribution in [2.75, 3.05) is 26.4 Å². The Morgan fingerprint density at radius 2 is 0.729 bits per heavy atom. The molecule has 3 saturated heterocycles. The second kappa shape index (κ2) is 57.1. The molecule has 12 N–H and O–H groups in total. The highest BCUT2D eigenvalue weighted by atomic mass is 16.8. The molecule has 0 aliphatic carbocycles. The van der Waals surface area contributed by atoms with Gasteiger partial charge < -0.3 is 89.9 Å². The highest BCUT2D eigenvalue weighted by Gasteiger charge is 2.53. The number of aliphatic hydroxyl groups excluding tert-OH is 11. The molecule has 0 saturated carbocycles. The molecule has 0 aromatic rings. The van der Waals surface area contributed by atoms with E-state index in [2.05, 4.69) is 116 Å². The van der Waals surface area contributed by atoms with Crippen molar-refractivity contribution >= 4 is 5.91 Å². The van der Waals surface area contributed by atoms with E-state index in [1.54, 1.807) is 6.08 Å². The summed E-state index contributed by atoms with van der Waals surface area (Å²) in [5.41, 5.74) is 0. The number of carbonyl (C=O) groups is 1. The molecule has 0 radical (unpaired) electrons. The summed E-state index contributed by atoms with van der Waals surface area (Å²) in [5.74, 6) is -0.294. The molecule has 3 heterocycles. The number of ether oxygens (including phenoxy) is 6. The van der Waals surface area contributed by atoms with Gasteiger partial charge in [-0.2, -0.15) is 0 Å². The van der Waals surface area contributed by atoms with Gasteiger partial charge in [-0.1, -0.05) is 245 Å². The molecule has 3 fully saturated rings. The smallest absolute Gasteiger partial charge is 0.220 e. The maximum absolute atomic E-state index is 13.4. The Hall–Kier alpha value is -3.55. The van der Waals surface area contributed by atoms with Gasteiger partial charge in [-0.3, -0.25) is 4.79 Å². The first-order chi connectivity index (χ1) is 46.8. The van der Waals surface area contributed by atoms with Crippen LogP contribution in [0.5, 0.6) is 0 Å². The molecule has 19 heteroatoms. The summed E-state index contributed by atoms with van der Waals surface area (Å²) in [6.07, 6.45) is 50.7. The summed E-state index contributed by atoms with van der Waals surface area (Å²) < 4.78 is 34.3. The largest absolute Gasteiger partial charge is 0.394 e. The second-order valence-corrected chi connectivity index (χ2v) is 26.0. The monoisotopic (exact) mass is 1360 g/mol. The molecular formula is C77H131NO18. The molecule has 17 atom stereocenters. The third kappa shape index (κ3) is 37.8. The average Bonchev–Trinajstić information content (AvgIpc) is 0.787. The Bertz CT molecular complexity index is 2160. The lowest BCUT2D eigenvalue weighted by Crippen LogP contribution is -2.66. The van der Waals surface area contributed by atoms with Crippen molar-refractivity contribution in [3.63, 3.8) is 0 Å². The topological polar surface area (TPSA) is 307 Å². The Morgan fingerprint density at radius 3 is 1.17 bits per heavy atom. The van der Waals surface area contributed by atoms with Crippen LogP contribution in [0, 0.1) is 0 Å². The normalized spacial score (nSPS) is 27.7. The lowest BCUT2D eigenvalue weighted by molar-refractivity contribution is -0.379. The zero-order chi connectivity index (χ0) is 69.6. The molecule has 19 nitrogen and oxygen atoms in total. The van der Waals surface area contributed by atoms with Crippen LogP contribution >= 0.6 is 0 Å². The molecule has 3 rings (SSSR count). The number of rotatable bonds is 56. The average molecular weight is 1360 g/mol. The molecule has 96 heavy (non-hydrogen) atoms. The number of aliphatic hydroxyl groups is 11. The van der Waals surface area contributed by atoms with Crippen LogP contribution in [0.3, 0.4) is 0 Å². The van der Waals surface area contributed by atoms with Crippen LogP contribution in [-0.4, -0.2) is 193 Å². The van der Waals surface area contributed by atoms with E-state index in [0.717, 1.165) is 96.3 Å². The van der Waals surface area contributed by atoms with Crippen LogP contribution in [0.4, 0.5) is 0 Å². The van der Waals surface area contributed by atoms with Crippen molar-refractivity contribution in [1.29, 1.82) is 0 Å². The van der Waals surface area contributed by atoms with Crippen molar-refractivity contribution in [3.8, 4) is 0 Å². The molecule has 1 amide bonds. The van der Waals surface area contributed by atoms with Crippen LogP contribution in [-0.2, 0) is 33.2 Å². The zero-order valence-corrected chi connectivity index (χ0v) is 58.6. The number of hydrogen-bond donors (Lipinski definition) is 12. The van der Waals surface area contributed by atoms with Gasteiger partial charge in [0.2, 0.25) is 5.91 Å². The summed E-state index contributed by atoms with van der Waals surface area (Å²) in [4.78, 5) is 13.4. The van der Waals surface area contributed by atoms with Crippen LogP contribution in [0.2, 0.25) is 0 Å². The number of carbonyl (C=O) groups excluding carboxylic acids is 1. The van der Waals surface area contributed by atoms with E-state index in [1.807, 2.05) is 6.08 Å². The van der Waals surface area contributed by atoms with E-state index in [9.17, 15) is 61.0 Å². The van der Waals surface area contributed by atoms with Crippen molar-refractivity contribution in [3.05, 3.63) is 109 Å². The molecule has 3 aliphatic rings. The van der Waals surface area contributed by atoms with E-state index in [1.165, 1.54) is 109 Å². The van der Waals surface area contributed by atoms with Gasteiger partial charge in [0, 0.05) is 6.42 Å². The number of hydrogen-bond acceptors (Lipinski definition) is 18. The Balaban J connectivity index is 1.39. The Kier molecular flexibility index (Phi) is 51.6. The van der Waals surface area contributed by atoms with Crippen molar-refractivity contribution in [2.24, 2.45) is 0 Å².